The third-order valence-electron chi connectivity index (χ3n) is 4.38. The molecule has 112 valence electrons. The van der Waals surface area contributed by atoms with Crippen molar-refractivity contribution in [2.75, 3.05) is 20.1 Å². The van der Waals surface area contributed by atoms with Crippen molar-refractivity contribution < 1.29 is 0 Å². The molecule has 1 N–H and O–H groups in total. The molecule has 0 amide bonds. The molecule has 2 atom stereocenters. The van der Waals surface area contributed by atoms with Gasteiger partial charge >= 0.3 is 0 Å². The summed E-state index contributed by atoms with van der Waals surface area (Å²) in [5.41, 5.74) is 1.11. The maximum absolute atomic E-state index is 6.33. The number of rotatable bonds is 6. The van der Waals surface area contributed by atoms with Gasteiger partial charge in [0, 0.05) is 18.6 Å². The van der Waals surface area contributed by atoms with Crippen LogP contribution in [-0.2, 0) is 0 Å². The van der Waals surface area contributed by atoms with Gasteiger partial charge in [-0.05, 0) is 50.9 Å². The molecule has 1 fully saturated rings. The first kappa shape index (κ1) is 16.1. The van der Waals surface area contributed by atoms with Crippen LogP contribution >= 0.6 is 23.2 Å². The topological polar surface area (TPSA) is 15.3 Å². The van der Waals surface area contributed by atoms with Gasteiger partial charge in [-0.3, -0.25) is 0 Å². The van der Waals surface area contributed by atoms with Crippen molar-refractivity contribution in [3.8, 4) is 0 Å². The third-order valence-corrected chi connectivity index (χ3v) is 5.21. The average molecular weight is 315 g/mol. The highest BCUT2D eigenvalue weighted by Crippen LogP contribution is 2.32. The van der Waals surface area contributed by atoms with Gasteiger partial charge in [-0.15, -0.1) is 0 Å². The van der Waals surface area contributed by atoms with Crippen LogP contribution in [0.4, 0.5) is 0 Å². The van der Waals surface area contributed by atoms with Crippen molar-refractivity contribution in [2.45, 2.75) is 44.7 Å². The molecule has 20 heavy (non-hydrogen) atoms. The minimum Gasteiger partial charge on any atom is -0.313 e. The Kier molecular flexibility index (Phi) is 6.16. The second-order valence-electron chi connectivity index (χ2n) is 5.51. The average Bonchev–Trinajstić information content (AvgIpc) is 2.91. The van der Waals surface area contributed by atoms with E-state index in [1.54, 1.807) is 0 Å². The minimum absolute atomic E-state index is 0.263. The number of nitrogens with zero attached hydrogens (tertiary/aromatic N) is 1. The van der Waals surface area contributed by atoms with E-state index in [2.05, 4.69) is 23.2 Å². The van der Waals surface area contributed by atoms with Crippen LogP contribution in [0.2, 0.25) is 10.0 Å². The van der Waals surface area contributed by atoms with Crippen LogP contribution in [0.15, 0.2) is 18.2 Å². The minimum atomic E-state index is 0.263. The van der Waals surface area contributed by atoms with Gasteiger partial charge in [-0.25, -0.2) is 0 Å². The quantitative estimate of drug-likeness (QED) is 0.830. The van der Waals surface area contributed by atoms with E-state index in [-0.39, 0.29) is 6.04 Å². The molecule has 0 bridgehead atoms. The molecule has 0 saturated carbocycles. The molecule has 1 aliphatic heterocycles. The van der Waals surface area contributed by atoms with Gasteiger partial charge in [0.1, 0.15) is 0 Å². The fourth-order valence-electron chi connectivity index (χ4n) is 3.19. The molecule has 1 aromatic rings. The van der Waals surface area contributed by atoms with E-state index < -0.39 is 0 Å². The van der Waals surface area contributed by atoms with Gasteiger partial charge in [0.15, 0.2) is 0 Å². The van der Waals surface area contributed by atoms with E-state index in [0.29, 0.717) is 10.0 Å². The summed E-state index contributed by atoms with van der Waals surface area (Å²) in [5.74, 6) is 0. The first-order chi connectivity index (χ1) is 9.67. The number of halogens is 2. The SMILES string of the molecule is CCC1CCCN1CCC(NC)c1cccc(Cl)c1Cl. The maximum Gasteiger partial charge on any atom is 0.0640 e. The highest BCUT2D eigenvalue weighted by molar-refractivity contribution is 6.42. The van der Waals surface area contributed by atoms with E-state index in [1.165, 1.54) is 25.8 Å². The molecule has 0 radical (unpaired) electrons. The lowest BCUT2D eigenvalue weighted by Gasteiger charge is -2.26. The van der Waals surface area contributed by atoms with E-state index in [1.807, 2.05) is 19.2 Å². The van der Waals surface area contributed by atoms with Gasteiger partial charge < -0.3 is 10.2 Å². The Hall–Kier alpha value is -0.280. The highest BCUT2D eigenvalue weighted by atomic mass is 35.5. The number of likely N-dealkylation sites (tertiary alicyclic amines) is 1. The summed E-state index contributed by atoms with van der Waals surface area (Å²) in [4.78, 5) is 2.61. The predicted octanol–water partition coefficient (Wildman–Crippen LogP) is 4.52. The standard InChI is InChI=1S/C16H24Cl2N2/c1-3-12-6-5-10-20(12)11-9-15(19-2)13-7-4-8-14(17)16(13)18/h4,7-8,12,15,19H,3,5-6,9-11H2,1-2H3. The number of benzene rings is 1. The number of hydrogen-bond acceptors (Lipinski definition) is 2. The zero-order chi connectivity index (χ0) is 14.5. The molecule has 0 spiro atoms. The Balaban J connectivity index is 2.00. The van der Waals surface area contributed by atoms with Gasteiger partial charge in [0.2, 0.25) is 0 Å². The summed E-state index contributed by atoms with van der Waals surface area (Å²) in [6, 6.07) is 6.91. The molecular formula is C16H24Cl2N2. The molecule has 2 unspecified atom stereocenters. The summed E-state index contributed by atoms with van der Waals surface area (Å²) < 4.78 is 0. The molecule has 2 nitrogen and oxygen atoms in total. The lowest BCUT2D eigenvalue weighted by molar-refractivity contribution is 0.235. The van der Waals surface area contributed by atoms with Gasteiger partial charge in [0.05, 0.1) is 10.0 Å². The monoisotopic (exact) mass is 314 g/mol. The van der Waals surface area contributed by atoms with Gasteiger partial charge in [-0.1, -0.05) is 42.3 Å². The van der Waals surface area contributed by atoms with Crippen molar-refractivity contribution in [1.29, 1.82) is 0 Å². The van der Waals surface area contributed by atoms with Crippen LogP contribution in [-0.4, -0.2) is 31.1 Å². The van der Waals surface area contributed by atoms with Crippen molar-refractivity contribution >= 4 is 23.2 Å². The smallest absolute Gasteiger partial charge is 0.0640 e. The van der Waals surface area contributed by atoms with E-state index in [4.69, 9.17) is 23.2 Å². The Labute approximate surface area is 132 Å². The molecule has 1 saturated heterocycles. The number of hydrogen-bond donors (Lipinski definition) is 1. The van der Waals surface area contributed by atoms with Crippen LogP contribution < -0.4 is 5.32 Å². The first-order valence-corrected chi connectivity index (χ1v) is 8.28. The fourth-order valence-corrected chi connectivity index (χ4v) is 3.63. The summed E-state index contributed by atoms with van der Waals surface area (Å²) in [6.07, 6.45) is 4.99. The van der Waals surface area contributed by atoms with Crippen molar-refractivity contribution in [2.24, 2.45) is 0 Å². The second kappa shape index (κ2) is 7.65. The highest BCUT2D eigenvalue weighted by Gasteiger charge is 2.24. The van der Waals surface area contributed by atoms with Crippen LogP contribution in [0.5, 0.6) is 0 Å². The molecule has 4 heteroatoms. The zero-order valence-electron chi connectivity index (χ0n) is 12.3. The summed E-state index contributed by atoms with van der Waals surface area (Å²) in [6.45, 7) is 4.64. The normalized spacial score (nSPS) is 21.3. The summed E-state index contributed by atoms with van der Waals surface area (Å²) in [5, 5.41) is 4.69. The fraction of sp³-hybridized carbons (Fsp3) is 0.625. The lowest BCUT2D eigenvalue weighted by Crippen LogP contribution is -2.32. The Morgan fingerprint density at radius 2 is 2.20 bits per heavy atom. The zero-order valence-corrected chi connectivity index (χ0v) is 13.8. The largest absolute Gasteiger partial charge is 0.313 e. The molecule has 1 aromatic carbocycles. The van der Waals surface area contributed by atoms with Crippen LogP contribution in [0.25, 0.3) is 0 Å². The van der Waals surface area contributed by atoms with E-state index in [9.17, 15) is 0 Å². The van der Waals surface area contributed by atoms with Gasteiger partial charge in [0.25, 0.3) is 0 Å². The molecule has 0 aromatic heterocycles. The van der Waals surface area contributed by atoms with Crippen molar-refractivity contribution in [3.63, 3.8) is 0 Å². The second-order valence-corrected chi connectivity index (χ2v) is 6.30. The first-order valence-electron chi connectivity index (χ1n) is 7.52. The Bertz CT molecular complexity index is 436. The van der Waals surface area contributed by atoms with Crippen LogP contribution in [0, 0.1) is 0 Å². The predicted molar refractivity (Wildman–Crippen MR) is 87.8 cm³/mol. The molecule has 0 aliphatic carbocycles. The van der Waals surface area contributed by atoms with Gasteiger partial charge in [-0.2, -0.15) is 0 Å². The molecular weight excluding hydrogens is 291 g/mol. The Morgan fingerprint density at radius 3 is 2.90 bits per heavy atom. The maximum atomic E-state index is 6.33. The lowest BCUT2D eigenvalue weighted by atomic mass is 10.0. The summed E-state index contributed by atoms with van der Waals surface area (Å²) >= 11 is 12.5. The third kappa shape index (κ3) is 3.67. The molecule has 1 aliphatic rings. The molecule has 2 rings (SSSR count). The van der Waals surface area contributed by atoms with Crippen molar-refractivity contribution in [1.82, 2.24) is 10.2 Å². The van der Waals surface area contributed by atoms with Crippen LogP contribution in [0.1, 0.15) is 44.2 Å². The van der Waals surface area contributed by atoms with E-state index >= 15 is 0 Å². The molecule has 1 heterocycles. The van der Waals surface area contributed by atoms with E-state index in [0.717, 1.165) is 24.6 Å². The van der Waals surface area contributed by atoms with Crippen LogP contribution in [0.3, 0.4) is 0 Å². The van der Waals surface area contributed by atoms with Crippen molar-refractivity contribution in [3.05, 3.63) is 33.8 Å². The number of nitrogens with one attached hydrogen (secondary N) is 1. The Morgan fingerprint density at radius 1 is 1.40 bits per heavy atom. The summed E-state index contributed by atoms with van der Waals surface area (Å²) in [7, 11) is 1.99.